The zero-order valence-corrected chi connectivity index (χ0v) is 9.35. The number of nitrogens with one attached hydrogen (secondary N) is 1. The third-order valence-electron chi connectivity index (χ3n) is 3.39. The number of rotatable bonds is 2. The number of hydrogen-bond acceptors (Lipinski definition) is 0. The number of nitrogens with zero attached hydrogens (tertiary/aromatic N) is 1. The first-order valence-electron chi connectivity index (χ1n) is 5.67. The number of para-hydroxylation sites is 1. The molecule has 1 aliphatic heterocycles. The highest BCUT2D eigenvalue weighted by molar-refractivity contribution is 5.77. The van der Waals surface area contributed by atoms with Crippen molar-refractivity contribution in [3.63, 3.8) is 0 Å². The van der Waals surface area contributed by atoms with Gasteiger partial charge in [-0.2, -0.15) is 0 Å². The van der Waals surface area contributed by atoms with Crippen molar-refractivity contribution in [3.05, 3.63) is 54.4 Å². The normalized spacial score (nSPS) is 22.3. The molecular formula is C14H15N2+. The van der Waals surface area contributed by atoms with Crippen molar-refractivity contribution in [2.45, 2.75) is 6.92 Å². The first-order chi connectivity index (χ1) is 7.87. The van der Waals surface area contributed by atoms with Crippen molar-refractivity contribution in [1.82, 2.24) is 9.47 Å². The molecule has 0 bridgehead atoms. The maximum Gasteiger partial charge on any atom is 0.215 e. The molecule has 1 aromatic heterocycles. The molecule has 0 radical (unpaired) electrons. The van der Waals surface area contributed by atoms with Crippen LogP contribution in [0, 0.1) is 0 Å². The smallest absolute Gasteiger partial charge is 0.215 e. The van der Waals surface area contributed by atoms with Crippen LogP contribution in [0.25, 0.3) is 6.08 Å². The van der Waals surface area contributed by atoms with Crippen LogP contribution in [0.2, 0.25) is 0 Å². The van der Waals surface area contributed by atoms with Crippen molar-refractivity contribution in [2.24, 2.45) is 0 Å². The molecular weight excluding hydrogens is 196 g/mol. The summed E-state index contributed by atoms with van der Waals surface area (Å²) < 4.78 is 0.795. The molecule has 80 valence electrons. The molecule has 1 unspecified atom stereocenters. The first-order valence-corrected chi connectivity index (χ1v) is 5.67. The summed E-state index contributed by atoms with van der Waals surface area (Å²) in [5.74, 6) is 1.23. The second-order valence-electron chi connectivity index (χ2n) is 4.11. The van der Waals surface area contributed by atoms with Crippen LogP contribution in [0.4, 0.5) is 11.5 Å². The molecule has 1 aromatic carbocycles. The lowest BCUT2D eigenvalue weighted by Crippen LogP contribution is -2.36. The van der Waals surface area contributed by atoms with Gasteiger partial charge in [0.2, 0.25) is 5.82 Å². The minimum absolute atomic E-state index is 0.795. The van der Waals surface area contributed by atoms with Gasteiger partial charge in [-0.1, -0.05) is 12.1 Å². The first kappa shape index (κ1) is 9.43. The van der Waals surface area contributed by atoms with E-state index >= 15 is 0 Å². The molecule has 0 saturated carbocycles. The molecule has 0 amide bonds. The van der Waals surface area contributed by atoms with E-state index in [0.717, 1.165) is 11.0 Å². The molecule has 0 aliphatic carbocycles. The van der Waals surface area contributed by atoms with E-state index < -0.39 is 0 Å². The highest BCUT2D eigenvalue weighted by Crippen LogP contribution is 2.41. The van der Waals surface area contributed by atoms with E-state index in [-0.39, 0.29) is 0 Å². The van der Waals surface area contributed by atoms with Crippen LogP contribution in [0.1, 0.15) is 12.5 Å². The average molecular weight is 211 g/mol. The van der Waals surface area contributed by atoms with E-state index in [9.17, 15) is 0 Å². The van der Waals surface area contributed by atoms with Crippen LogP contribution in [-0.2, 0) is 0 Å². The van der Waals surface area contributed by atoms with Gasteiger partial charge in [0.15, 0.2) is 5.69 Å². The summed E-state index contributed by atoms with van der Waals surface area (Å²) in [5, 5.41) is 0. The van der Waals surface area contributed by atoms with Crippen molar-refractivity contribution in [2.75, 3.05) is 6.54 Å². The van der Waals surface area contributed by atoms with E-state index in [2.05, 4.69) is 60.6 Å². The van der Waals surface area contributed by atoms with Gasteiger partial charge in [-0.3, -0.25) is 0 Å². The highest BCUT2D eigenvalue weighted by atomic mass is 15.4. The topological polar surface area (TPSA) is 15.8 Å². The number of quaternary nitrogens is 1. The maximum absolute atomic E-state index is 3.33. The van der Waals surface area contributed by atoms with Gasteiger partial charge in [0.05, 0.1) is 6.54 Å². The Morgan fingerprint density at radius 3 is 2.75 bits per heavy atom. The molecule has 16 heavy (non-hydrogen) atoms. The third-order valence-corrected chi connectivity index (χ3v) is 3.39. The Morgan fingerprint density at radius 1 is 1.12 bits per heavy atom. The lowest BCUT2D eigenvalue weighted by Gasteiger charge is -2.28. The summed E-state index contributed by atoms with van der Waals surface area (Å²) in [6.07, 6.45) is 6.45. The van der Waals surface area contributed by atoms with Crippen LogP contribution in [0.15, 0.2) is 48.8 Å². The number of H-pyrrole nitrogens is 1. The number of hydrogen-bond donors (Lipinski definition) is 1. The van der Waals surface area contributed by atoms with Crippen LogP contribution in [0.5, 0.6) is 0 Å². The fourth-order valence-electron chi connectivity index (χ4n) is 2.50. The summed E-state index contributed by atoms with van der Waals surface area (Å²) in [7, 11) is 0. The number of fused-ring (bicyclic) bond motifs is 1. The van der Waals surface area contributed by atoms with Gasteiger partial charge in [0, 0.05) is 30.0 Å². The Hall–Kier alpha value is -1.80. The molecule has 2 heteroatoms. The summed E-state index contributed by atoms with van der Waals surface area (Å²) in [5.41, 5.74) is 2.67. The van der Waals surface area contributed by atoms with Crippen molar-refractivity contribution in [1.29, 1.82) is 0 Å². The van der Waals surface area contributed by atoms with Crippen LogP contribution < -0.4 is 4.48 Å². The molecule has 1 aliphatic rings. The minimum atomic E-state index is 0.795. The maximum atomic E-state index is 3.33. The Kier molecular flexibility index (Phi) is 1.98. The molecule has 0 spiro atoms. The second kappa shape index (κ2) is 3.35. The highest BCUT2D eigenvalue weighted by Gasteiger charge is 2.35. The zero-order valence-electron chi connectivity index (χ0n) is 9.35. The summed E-state index contributed by atoms with van der Waals surface area (Å²) in [4.78, 5) is 3.33. The van der Waals surface area contributed by atoms with Gasteiger partial charge in [-0.25, -0.2) is 4.48 Å². The Labute approximate surface area is 95.4 Å². The Balaban J connectivity index is 2.23. The van der Waals surface area contributed by atoms with E-state index in [4.69, 9.17) is 0 Å². The molecule has 2 nitrogen and oxygen atoms in total. The lowest BCUT2D eigenvalue weighted by atomic mass is 10.2. The van der Waals surface area contributed by atoms with Gasteiger partial charge in [-0.05, 0) is 19.1 Å². The van der Waals surface area contributed by atoms with Crippen molar-refractivity contribution in [3.8, 4) is 0 Å². The molecule has 0 fully saturated rings. The molecule has 0 saturated heterocycles. The molecule has 1 atom stereocenters. The van der Waals surface area contributed by atoms with Crippen LogP contribution in [0.3, 0.4) is 0 Å². The van der Waals surface area contributed by atoms with Gasteiger partial charge in [0.1, 0.15) is 6.20 Å². The quantitative estimate of drug-likeness (QED) is 0.730. The predicted octanol–water partition coefficient (Wildman–Crippen LogP) is 3.66. The van der Waals surface area contributed by atoms with Crippen LogP contribution in [-0.4, -0.2) is 11.5 Å². The molecule has 2 heterocycles. The van der Waals surface area contributed by atoms with Crippen molar-refractivity contribution >= 4 is 17.6 Å². The molecule has 3 rings (SSSR count). The Morgan fingerprint density at radius 2 is 2.00 bits per heavy atom. The third kappa shape index (κ3) is 1.11. The van der Waals surface area contributed by atoms with Gasteiger partial charge in [0.25, 0.3) is 0 Å². The standard InChI is InChI=1S/C14H15N2/c1-2-16(14-8-5-10-15-14)11-9-12-6-3-4-7-13(12)16/h3-11,15H,2H2,1H3/q+1. The number of aromatic nitrogens is 1. The second-order valence-corrected chi connectivity index (χ2v) is 4.11. The fraction of sp³-hybridized carbons (Fsp3) is 0.143. The van der Waals surface area contributed by atoms with Gasteiger partial charge in [-0.15, -0.1) is 0 Å². The minimum Gasteiger partial charge on any atom is -0.317 e. The monoisotopic (exact) mass is 211 g/mol. The summed E-state index contributed by atoms with van der Waals surface area (Å²) in [6.45, 7) is 3.24. The lowest BCUT2D eigenvalue weighted by molar-refractivity contribution is 0.529. The molecule has 1 N–H and O–H groups in total. The van der Waals surface area contributed by atoms with Gasteiger partial charge < -0.3 is 4.98 Å². The SMILES string of the molecule is CC[N+]1(c2ccc[nH]2)C=Cc2ccccc21. The van der Waals surface area contributed by atoms with E-state index in [0.29, 0.717) is 0 Å². The van der Waals surface area contributed by atoms with E-state index in [1.54, 1.807) is 0 Å². The molecule has 2 aromatic rings. The summed E-state index contributed by atoms with van der Waals surface area (Å²) in [6, 6.07) is 12.8. The average Bonchev–Trinajstić information content (AvgIpc) is 2.97. The zero-order chi connectivity index (χ0) is 11.0. The Bertz CT molecular complexity index is 525. The predicted molar refractivity (Wildman–Crippen MR) is 68.3 cm³/mol. The summed E-state index contributed by atoms with van der Waals surface area (Å²) >= 11 is 0. The number of benzene rings is 1. The number of aromatic amines is 1. The van der Waals surface area contributed by atoms with E-state index in [1.165, 1.54) is 17.1 Å². The van der Waals surface area contributed by atoms with Crippen molar-refractivity contribution < 1.29 is 0 Å². The van der Waals surface area contributed by atoms with Crippen LogP contribution >= 0.6 is 0 Å². The largest absolute Gasteiger partial charge is 0.317 e. The van der Waals surface area contributed by atoms with Gasteiger partial charge >= 0.3 is 0 Å². The van der Waals surface area contributed by atoms with E-state index in [1.807, 2.05) is 6.20 Å². The fourth-order valence-corrected chi connectivity index (χ4v) is 2.50.